The van der Waals surface area contributed by atoms with Crippen LogP contribution in [0, 0.1) is 13.8 Å². The minimum absolute atomic E-state index is 0.703. The summed E-state index contributed by atoms with van der Waals surface area (Å²) in [4.78, 5) is 4.44. The fourth-order valence-corrected chi connectivity index (χ4v) is 2.36. The molecule has 19 heavy (non-hydrogen) atoms. The van der Waals surface area contributed by atoms with Crippen LogP contribution in [0.3, 0.4) is 0 Å². The van der Waals surface area contributed by atoms with Crippen LogP contribution in [0.2, 0.25) is 0 Å². The molecule has 0 fully saturated rings. The van der Waals surface area contributed by atoms with E-state index in [2.05, 4.69) is 38.4 Å². The highest BCUT2D eigenvalue weighted by atomic mass is 79.9. The molecular weight excluding hydrogens is 304 g/mol. The number of halogens is 1. The molecule has 0 bridgehead atoms. The van der Waals surface area contributed by atoms with Crippen LogP contribution in [0.1, 0.15) is 17.0 Å². The van der Waals surface area contributed by atoms with Crippen molar-refractivity contribution < 1.29 is 4.74 Å². The number of rotatable bonds is 4. The van der Waals surface area contributed by atoms with E-state index in [1.807, 2.05) is 32.0 Å². The van der Waals surface area contributed by atoms with Crippen LogP contribution >= 0.6 is 15.9 Å². The molecule has 0 saturated carbocycles. The summed E-state index contributed by atoms with van der Waals surface area (Å²) in [6.45, 7) is 4.70. The second-order valence-electron chi connectivity index (χ2n) is 4.40. The summed E-state index contributed by atoms with van der Waals surface area (Å²) in [5.74, 6) is 0.883. The average Bonchev–Trinajstić information content (AvgIpc) is 2.38. The summed E-state index contributed by atoms with van der Waals surface area (Å²) >= 11 is 3.48. The van der Waals surface area contributed by atoms with Gasteiger partial charge >= 0.3 is 0 Å². The summed E-state index contributed by atoms with van der Waals surface area (Å²) < 4.78 is 6.41. The molecule has 0 saturated heterocycles. The van der Waals surface area contributed by atoms with Crippen LogP contribution in [0.5, 0.6) is 5.75 Å². The van der Waals surface area contributed by atoms with Crippen LogP contribution in [0.4, 0.5) is 5.69 Å². The number of hydrogen-bond donors (Lipinski definition) is 1. The summed E-state index contributed by atoms with van der Waals surface area (Å²) in [7, 11) is 1.69. The van der Waals surface area contributed by atoms with Crippen molar-refractivity contribution in [2.24, 2.45) is 0 Å². The summed E-state index contributed by atoms with van der Waals surface area (Å²) in [5, 5.41) is 3.40. The van der Waals surface area contributed by atoms with E-state index in [1.165, 1.54) is 0 Å². The quantitative estimate of drug-likeness (QED) is 0.921. The van der Waals surface area contributed by atoms with Gasteiger partial charge in [-0.25, -0.2) is 0 Å². The Kier molecular flexibility index (Phi) is 4.43. The van der Waals surface area contributed by atoms with Crippen molar-refractivity contribution in [3.05, 3.63) is 51.8 Å². The molecule has 1 N–H and O–H groups in total. The van der Waals surface area contributed by atoms with Crippen LogP contribution in [0.25, 0.3) is 0 Å². The Balaban J connectivity index is 2.16. The lowest BCUT2D eigenvalue weighted by Gasteiger charge is -2.12. The minimum Gasteiger partial charge on any atom is -0.496 e. The largest absolute Gasteiger partial charge is 0.496 e. The van der Waals surface area contributed by atoms with Crippen LogP contribution in [-0.2, 0) is 6.54 Å². The van der Waals surface area contributed by atoms with E-state index in [9.17, 15) is 0 Å². The predicted octanol–water partition coefficient (Wildman–Crippen LogP) is 4.08. The van der Waals surface area contributed by atoms with E-state index in [-0.39, 0.29) is 0 Å². The van der Waals surface area contributed by atoms with Gasteiger partial charge in [0, 0.05) is 22.3 Å². The van der Waals surface area contributed by atoms with Crippen LogP contribution in [-0.4, -0.2) is 12.1 Å². The number of nitrogens with zero attached hydrogens (tertiary/aromatic N) is 1. The van der Waals surface area contributed by atoms with Gasteiger partial charge < -0.3 is 10.1 Å². The third-order valence-electron chi connectivity index (χ3n) is 2.94. The molecule has 1 aromatic heterocycles. The van der Waals surface area contributed by atoms with E-state index in [1.54, 1.807) is 7.11 Å². The van der Waals surface area contributed by atoms with Crippen molar-refractivity contribution in [3.63, 3.8) is 0 Å². The Hall–Kier alpha value is -1.55. The summed E-state index contributed by atoms with van der Waals surface area (Å²) in [5.41, 5.74) is 4.20. The van der Waals surface area contributed by atoms with E-state index in [0.717, 1.165) is 32.9 Å². The predicted molar refractivity (Wildman–Crippen MR) is 81.7 cm³/mol. The minimum atomic E-state index is 0.703. The van der Waals surface area contributed by atoms with Crippen molar-refractivity contribution in [2.45, 2.75) is 20.4 Å². The second kappa shape index (κ2) is 6.06. The molecule has 1 aromatic carbocycles. The number of benzene rings is 1. The number of anilines is 1. The van der Waals surface area contributed by atoms with Gasteiger partial charge in [-0.05, 0) is 44.2 Å². The van der Waals surface area contributed by atoms with Crippen molar-refractivity contribution in [2.75, 3.05) is 12.4 Å². The van der Waals surface area contributed by atoms with E-state index in [0.29, 0.717) is 6.54 Å². The highest BCUT2D eigenvalue weighted by Crippen LogP contribution is 2.24. The third kappa shape index (κ3) is 3.47. The number of aromatic nitrogens is 1. The smallest absolute Gasteiger partial charge is 0.123 e. The Morgan fingerprint density at radius 2 is 2.00 bits per heavy atom. The maximum atomic E-state index is 5.36. The molecule has 0 radical (unpaired) electrons. The Labute approximate surface area is 122 Å². The molecule has 0 aliphatic heterocycles. The molecule has 2 aromatic rings. The standard InChI is InChI=1S/C15H17BrN2O/c1-10-4-6-14(11(2)18-10)17-9-12-8-13(16)5-7-15(12)19-3/h4-8,17H,9H2,1-3H3. The average molecular weight is 321 g/mol. The SMILES string of the molecule is COc1ccc(Br)cc1CNc1ccc(C)nc1C. The Bertz CT molecular complexity index is 584. The molecular formula is C15H17BrN2O. The summed E-state index contributed by atoms with van der Waals surface area (Å²) in [6, 6.07) is 10.1. The molecule has 0 unspecified atom stereocenters. The lowest BCUT2D eigenvalue weighted by molar-refractivity contribution is 0.410. The Morgan fingerprint density at radius 1 is 1.21 bits per heavy atom. The fraction of sp³-hybridized carbons (Fsp3) is 0.267. The number of hydrogen-bond acceptors (Lipinski definition) is 3. The molecule has 100 valence electrons. The van der Waals surface area contributed by atoms with Crippen LogP contribution < -0.4 is 10.1 Å². The zero-order valence-electron chi connectivity index (χ0n) is 11.3. The van der Waals surface area contributed by atoms with E-state index >= 15 is 0 Å². The fourth-order valence-electron chi connectivity index (χ4n) is 1.95. The summed E-state index contributed by atoms with van der Waals surface area (Å²) in [6.07, 6.45) is 0. The highest BCUT2D eigenvalue weighted by molar-refractivity contribution is 9.10. The number of ether oxygens (including phenoxy) is 1. The molecule has 1 heterocycles. The molecule has 0 spiro atoms. The van der Waals surface area contributed by atoms with Gasteiger partial charge in [-0.2, -0.15) is 0 Å². The Morgan fingerprint density at radius 3 is 2.68 bits per heavy atom. The molecule has 0 amide bonds. The molecule has 0 aliphatic carbocycles. The highest BCUT2D eigenvalue weighted by Gasteiger charge is 2.05. The van der Waals surface area contributed by atoms with Crippen molar-refractivity contribution >= 4 is 21.6 Å². The molecule has 0 atom stereocenters. The lowest BCUT2D eigenvalue weighted by Crippen LogP contribution is -2.04. The maximum Gasteiger partial charge on any atom is 0.123 e. The van der Waals surface area contributed by atoms with Crippen molar-refractivity contribution in [1.82, 2.24) is 4.98 Å². The monoisotopic (exact) mass is 320 g/mol. The van der Waals surface area contributed by atoms with Gasteiger partial charge in [-0.1, -0.05) is 15.9 Å². The third-order valence-corrected chi connectivity index (χ3v) is 3.43. The molecule has 4 heteroatoms. The first-order chi connectivity index (χ1) is 9.10. The van der Waals surface area contributed by atoms with Gasteiger partial charge in [-0.15, -0.1) is 0 Å². The van der Waals surface area contributed by atoms with Crippen LogP contribution in [0.15, 0.2) is 34.8 Å². The van der Waals surface area contributed by atoms with Gasteiger partial charge in [-0.3, -0.25) is 4.98 Å². The lowest BCUT2D eigenvalue weighted by atomic mass is 10.2. The number of pyridine rings is 1. The van der Waals surface area contributed by atoms with Gasteiger partial charge in [0.05, 0.1) is 18.5 Å². The maximum absolute atomic E-state index is 5.36. The molecule has 0 aliphatic rings. The van der Waals surface area contributed by atoms with Crippen molar-refractivity contribution in [1.29, 1.82) is 0 Å². The van der Waals surface area contributed by atoms with Crippen molar-refractivity contribution in [3.8, 4) is 5.75 Å². The number of aryl methyl sites for hydroxylation is 2. The first-order valence-electron chi connectivity index (χ1n) is 6.10. The van der Waals surface area contributed by atoms with E-state index in [4.69, 9.17) is 4.74 Å². The van der Waals surface area contributed by atoms with Gasteiger partial charge in [0.15, 0.2) is 0 Å². The van der Waals surface area contributed by atoms with Gasteiger partial charge in [0.2, 0.25) is 0 Å². The normalized spacial score (nSPS) is 10.3. The first kappa shape index (κ1) is 13.9. The second-order valence-corrected chi connectivity index (χ2v) is 5.31. The topological polar surface area (TPSA) is 34.1 Å². The van der Waals surface area contributed by atoms with E-state index < -0.39 is 0 Å². The van der Waals surface area contributed by atoms with Gasteiger partial charge in [0.25, 0.3) is 0 Å². The molecule has 3 nitrogen and oxygen atoms in total. The van der Waals surface area contributed by atoms with Gasteiger partial charge in [0.1, 0.15) is 5.75 Å². The number of methoxy groups -OCH3 is 1. The number of nitrogens with one attached hydrogen (secondary N) is 1. The zero-order chi connectivity index (χ0) is 13.8. The first-order valence-corrected chi connectivity index (χ1v) is 6.90. The zero-order valence-corrected chi connectivity index (χ0v) is 12.9. The molecule has 2 rings (SSSR count).